The van der Waals surface area contributed by atoms with Crippen LogP contribution in [-0.2, 0) is 9.53 Å². The Morgan fingerprint density at radius 2 is 2.20 bits per heavy atom. The number of fused-ring (bicyclic) bond motifs is 1. The molecule has 4 heteroatoms. The smallest absolute Gasteiger partial charge is 0.219 e. The van der Waals surface area contributed by atoms with Crippen LogP contribution in [-0.4, -0.2) is 60.6 Å². The number of hydrogen-bond acceptors (Lipinski definition) is 3. The summed E-state index contributed by atoms with van der Waals surface area (Å²) < 4.78 is 5.87. The van der Waals surface area contributed by atoms with Gasteiger partial charge in [0.25, 0.3) is 0 Å². The van der Waals surface area contributed by atoms with Crippen molar-refractivity contribution in [2.45, 2.75) is 44.8 Å². The topological polar surface area (TPSA) is 32.8 Å². The van der Waals surface area contributed by atoms with E-state index in [2.05, 4.69) is 17.1 Å². The molecule has 0 aromatic heterocycles. The van der Waals surface area contributed by atoms with Gasteiger partial charge in [-0.1, -0.05) is 12.2 Å². The number of carbonyl (C=O) groups excluding carboxylic acids is 1. The molecule has 4 nitrogen and oxygen atoms in total. The van der Waals surface area contributed by atoms with Crippen molar-refractivity contribution in [3.63, 3.8) is 0 Å². The van der Waals surface area contributed by atoms with Crippen LogP contribution < -0.4 is 0 Å². The monoisotopic (exact) mass is 278 g/mol. The Kier molecular flexibility index (Phi) is 4.41. The normalized spacial score (nSPS) is 34.9. The number of allylic oxidation sites excluding steroid dienone is 2. The van der Waals surface area contributed by atoms with Crippen molar-refractivity contribution in [3.05, 3.63) is 12.2 Å². The minimum Gasteiger partial charge on any atom is -0.374 e. The molecule has 2 heterocycles. The molecule has 0 radical (unpaired) electrons. The molecular weight excluding hydrogens is 252 g/mol. The fourth-order valence-electron chi connectivity index (χ4n) is 3.88. The predicted molar refractivity (Wildman–Crippen MR) is 78.5 cm³/mol. The Balaban J connectivity index is 1.59. The highest BCUT2D eigenvalue weighted by Gasteiger charge is 2.38. The average molecular weight is 278 g/mol. The lowest BCUT2D eigenvalue weighted by Crippen LogP contribution is -2.61. The molecule has 0 N–H and O–H groups in total. The van der Waals surface area contributed by atoms with Gasteiger partial charge in [-0.05, 0) is 31.6 Å². The summed E-state index contributed by atoms with van der Waals surface area (Å²) >= 11 is 0. The number of likely N-dealkylation sites (tertiary alicyclic amines) is 1. The average Bonchev–Trinajstić information content (AvgIpc) is 2.47. The predicted octanol–water partition coefficient (Wildman–Crippen LogP) is 1.66. The van der Waals surface area contributed by atoms with E-state index < -0.39 is 0 Å². The number of piperidine rings is 1. The molecule has 112 valence electrons. The fourth-order valence-corrected chi connectivity index (χ4v) is 3.88. The van der Waals surface area contributed by atoms with Gasteiger partial charge < -0.3 is 14.5 Å². The lowest BCUT2D eigenvalue weighted by Gasteiger charge is -2.47. The first kappa shape index (κ1) is 14.1. The number of rotatable bonds is 2. The number of ether oxygens (including phenoxy) is 1. The molecule has 0 aromatic rings. The molecule has 3 atom stereocenters. The van der Waals surface area contributed by atoms with Gasteiger partial charge in [0.1, 0.15) is 0 Å². The Morgan fingerprint density at radius 3 is 2.95 bits per heavy atom. The van der Waals surface area contributed by atoms with Crippen molar-refractivity contribution < 1.29 is 9.53 Å². The van der Waals surface area contributed by atoms with Gasteiger partial charge in [-0.25, -0.2) is 0 Å². The first-order chi connectivity index (χ1) is 9.74. The number of morpholine rings is 1. The number of nitrogens with zero attached hydrogens (tertiary/aromatic N) is 2. The molecule has 0 bridgehead atoms. The molecule has 1 amide bonds. The molecule has 0 unspecified atom stereocenters. The summed E-state index contributed by atoms with van der Waals surface area (Å²) in [6, 6.07) is 0.272. The Morgan fingerprint density at radius 1 is 1.30 bits per heavy atom. The van der Waals surface area contributed by atoms with E-state index >= 15 is 0 Å². The van der Waals surface area contributed by atoms with Crippen LogP contribution >= 0.6 is 0 Å². The summed E-state index contributed by atoms with van der Waals surface area (Å²) in [6.07, 6.45) is 9.72. The summed E-state index contributed by atoms with van der Waals surface area (Å²) in [5, 5.41) is 0. The maximum absolute atomic E-state index is 11.8. The van der Waals surface area contributed by atoms with E-state index in [0.29, 0.717) is 6.61 Å². The zero-order valence-electron chi connectivity index (χ0n) is 12.5. The summed E-state index contributed by atoms with van der Waals surface area (Å²) in [6.45, 7) is 6.44. The molecule has 0 saturated carbocycles. The summed E-state index contributed by atoms with van der Waals surface area (Å²) in [5.74, 6) is 0.998. The quantitative estimate of drug-likeness (QED) is 0.720. The fraction of sp³-hybridized carbons (Fsp3) is 0.812. The van der Waals surface area contributed by atoms with Gasteiger partial charge in [-0.3, -0.25) is 4.79 Å². The molecule has 20 heavy (non-hydrogen) atoms. The Bertz CT molecular complexity index is 383. The van der Waals surface area contributed by atoms with Gasteiger partial charge in [0.15, 0.2) is 0 Å². The molecule has 2 aliphatic heterocycles. The lowest BCUT2D eigenvalue weighted by molar-refractivity contribution is -0.150. The van der Waals surface area contributed by atoms with Crippen molar-refractivity contribution in [3.8, 4) is 0 Å². The van der Waals surface area contributed by atoms with Gasteiger partial charge in [-0.2, -0.15) is 0 Å². The van der Waals surface area contributed by atoms with Gasteiger partial charge in [0.2, 0.25) is 5.91 Å². The molecule has 2 fully saturated rings. The Labute approximate surface area is 121 Å². The maximum Gasteiger partial charge on any atom is 0.219 e. The van der Waals surface area contributed by atoms with Crippen LogP contribution in [0, 0.1) is 5.92 Å². The minimum atomic E-state index is 0.200. The lowest BCUT2D eigenvalue weighted by atomic mass is 9.92. The zero-order valence-corrected chi connectivity index (χ0v) is 12.5. The van der Waals surface area contributed by atoms with Crippen molar-refractivity contribution in [2.24, 2.45) is 5.92 Å². The van der Waals surface area contributed by atoms with E-state index in [1.54, 1.807) is 6.92 Å². The second kappa shape index (κ2) is 6.27. The highest BCUT2D eigenvalue weighted by atomic mass is 16.5. The molecule has 3 aliphatic rings. The van der Waals surface area contributed by atoms with E-state index in [1.807, 2.05) is 4.90 Å². The van der Waals surface area contributed by atoms with Crippen LogP contribution in [0.25, 0.3) is 0 Å². The maximum atomic E-state index is 11.8. The van der Waals surface area contributed by atoms with Crippen LogP contribution in [0.15, 0.2) is 12.2 Å². The van der Waals surface area contributed by atoms with E-state index in [1.165, 1.54) is 25.8 Å². The standard InChI is InChI=1S/C16H26N2O2/c1-13(19)18-9-10-20-16-7-8-17(12-15(16)18)11-14-5-3-2-4-6-14/h2-3,14-16H,4-12H2,1H3/t14-,15-,16-/m0/s1. The SMILES string of the molecule is CC(=O)N1CCO[C@H]2CCN(C[C@H]3CC=CCC3)C[C@@H]21. The third kappa shape index (κ3) is 3.07. The van der Waals surface area contributed by atoms with E-state index in [-0.39, 0.29) is 18.1 Å². The van der Waals surface area contributed by atoms with Crippen LogP contribution in [0.3, 0.4) is 0 Å². The van der Waals surface area contributed by atoms with Gasteiger partial charge >= 0.3 is 0 Å². The number of carbonyl (C=O) groups is 1. The van der Waals surface area contributed by atoms with Crippen molar-refractivity contribution >= 4 is 5.91 Å². The third-order valence-corrected chi connectivity index (χ3v) is 4.97. The summed E-state index contributed by atoms with van der Waals surface area (Å²) in [5.41, 5.74) is 0. The van der Waals surface area contributed by atoms with Crippen LogP contribution in [0.4, 0.5) is 0 Å². The highest BCUT2D eigenvalue weighted by molar-refractivity contribution is 5.73. The largest absolute Gasteiger partial charge is 0.374 e. The highest BCUT2D eigenvalue weighted by Crippen LogP contribution is 2.26. The van der Waals surface area contributed by atoms with Gasteiger partial charge in [-0.15, -0.1) is 0 Å². The van der Waals surface area contributed by atoms with Gasteiger partial charge in [0, 0.05) is 33.1 Å². The first-order valence-corrected chi connectivity index (χ1v) is 8.00. The molecule has 0 aromatic carbocycles. The molecular formula is C16H26N2O2. The molecule has 0 spiro atoms. The van der Waals surface area contributed by atoms with Crippen LogP contribution in [0.1, 0.15) is 32.6 Å². The second-order valence-corrected chi connectivity index (χ2v) is 6.39. The van der Waals surface area contributed by atoms with E-state index in [0.717, 1.165) is 32.0 Å². The summed E-state index contributed by atoms with van der Waals surface area (Å²) in [7, 11) is 0. The minimum absolute atomic E-state index is 0.200. The van der Waals surface area contributed by atoms with Crippen LogP contribution in [0.5, 0.6) is 0 Å². The summed E-state index contributed by atoms with van der Waals surface area (Å²) in [4.78, 5) is 16.4. The molecule has 2 saturated heterocycles. The second-order valence-electron chi connectivity index (χ2n) is 6.39. The van der Waals surface area contributed by atoms with E-state index in [4.69, 9.17) is 4.74 Å². The number of hydrogen-bond donors (Lipinski definition) is 0. The van der Waals surface area contributed by atoms with Crippen molar-refractivity contribution in [1.82, 2.24) is 9.80 Å². The van der Waals surface area contributed by atoms with Crippen molar-refractivity contribution in [2.75, 3.05) is 32.8 Å². The van der Waals surface area contributed by atoms with Gasteiger partial charge in [0.05, 0.1) is 18.8 Å². The van der Waals surface area contributed by atoms with E-state index in [9.17, 15) is 4.79 Å². The molecule has 1 aliphatic carbocycles. The van der Waals surface area contributed by atoms with Crippen molar-refractivity contribution in [1.29, 1.82) is 0 Å². The first-order valence-electron chi connectivity index (χ1n) is 8.00. The number of amides is 1. The third-order valence-electron chi connectivity index (χ3n) is 4.97. The zero-order chi connectivity index (χ0) is 13.9. The Hall–Kier alpha value is -0.870. The van der Waals surface area contributed by atoms with Crippen LogP contribution in [0.2, 0.25) is 0 Å². The molecule has 3 rings (SSSR count).